The lowest BCUT2D eigenvalue weighted by Crippen LogP contribution is -2.23. The molecule has 8 nitrogen and oxygen atoms in total. The fraction of sp³-hybridized carbons (Fsp3) is 0.435. The first-order valence-electron chi connectivity index (χ1n) is 11.2. The van der Waals surface area contributed by atoms with E-state index in [1.54, 1.807) is 23.5 Å². The average molecular weight is 484 g/mol. The molecule has 1 amide bonds. The van der Waals surface area contributed by atoms with Crippen LogP contribution in [-0.2, 0) is 4.79 Å². The Kier molecular flexibility index (Phi) is 6.20. The van der Waals surface area contributed by atoms with Crippen LogP contribution in [0.1, 0.15) is 38.6 Å². The van der Waals surface area contributed by atoms with Gasteiger partial charge in [0.15, 0.2) is 11.0 Å². The van der Waals surface area contributed by atoms with Gasteiger partial charge in [0.05, 0.1) is 15.6 Å². The number of hydrogen-bond donors (Lipinski definition) is 1. The number of hydrogen-bond acceptors (Lipinski definition) is 7. The Balaban J connectivity index is 1.35. The van der Waals surface area contributed by atoms with Crippen molar-refractivity contribution in [3.05, 3.63) is 51.9 Å². The van der Waals surface area contributed by atoms with Crippen LogP contribution in [0.25, 0.3) is 10.7 Å². The van der Waals surface area contributed by atoms with Crippen LogP contribution in [0, 0.1) is 27.9 Å². The van der Waals surface area contributed by atoms with E-state index in [4.69, 9.17) is 0 Å². The molecule has 2 aliphatic rings. The molecule has 0 saturated heterocycles. The molecule has 0 radical (unpaired) electrons. The minimum atomic E-state index is -0.496. The van der Waals surface area contributed by atoms with E-state index in [0.29, 0.717) is 11.1 Å². The fourth-order valence-electron chi connectivity index (χ4n) is 5.45. The summed E-state index contributed by atoms with van der Waals surface area (Å²) in [5.74, 6) is 2.82. The summed E-state index contributed by atoms with van der Waals surface area (Å²) in [5.41, 5.74) is 0.0769. The fourth-order valence-corrected chi connectivity index (χ4v) is 6.98. The maximum absolute atomic E-state index is 12.6. The number of carbonyl (C=O) groups excluding carboxylic acids is 1. The van der Waals surface area contributed by atoms with Crippen molar-refractivity contribution in [3.63, 3.8) is 0 Å². The van der Waals surface area contributed by atoms with Gasteiger partial charge in [-0.15, -0.1) is 21.5 Å². The van der Waals surface area contributed by atoms with E-state index in [9.17, 15) is 14.9 Å². The van der Waals surface area contributed by atoms with E-state index in [-0.39, 0.29) is 29.1 Å². The number of nitro groups is 1. The second kappa shape index (κ2) is 9.26. The zero-order chi connectivity index (χ0) is 22.9. The number of para-hydroxylation sites is 2. The Labute approximate surface area is 200 Å². The lowest BCUT2D eigenvalue weighted by molar-refractivity contribution is -0.383. The van der Waals surface area contributed by atoms with Crippen LogP contribution in [-0.4, -0.2) is 31.3 Å². The van der Waals surface area contributed by atoms with Gasteiger partial charge in [-0.2, -0.15) is 0 Å². The van der Waals surface area contributed by atoms with Gasteiger partial charge < -0.3 is 5.32 Å². The summed E-state index contributed by atoms with van der Waals surface area (Å²) < 4.78 is 2.21. The molecule has 1 N–H and O–H groups in total. The van der Waals surface area contributed by atoms with Crippen molar-refractivity contribution in [2.24, 2.45) is 17.8 Å². The molecule has 172 valence electrons. The molecule has 10 heteroatoms. The first-order chi connectivity index (χ1) is 16.0. The average Bonchev–Trinajstić information content (AvgIpc) is 3.61. The molecule has 2 saturated carbocycles. The smallest absolute Gasteiger partial charge is 0.292 e. The number of nitro benzene ring substituents is 1. The molecule has 33 heavy (non-hydrogen) atoms. The standard InChI is InChI=1S/C23H25N5O3S2/c1-14(17-12-15-8-9-16(17)11-15)27-22(20-7-4-10-32-20)25-26-23(27)33-13-21(29)24-18-5-2-3-6-19(18)28(30)31/h2-7,10,14-17H,8-9,11-13H2,1H3,(H,24,29). The van der Waals surface area contributed by atoms with Gasteiger partial charge in [0.25, 0.3) is 5.69 Å². The maximum Gasteiger partial charge on any atom is 0.292 e. The number of fused-ring (bicyclic) bond motifs is 2. The zero-order valence-corrected chi connectivity index (χ0v) is 19.8. The number of thioether (sulfide) groups is 1. The topological polar surface area (TPSA) is 103 Å². The normalized spacial score (nSPS) is 22.4. The van der Waals surface area contributed by atoms with Crippen LogP contribution in [0.4, 0.5) is 11.4 Å². The van der Waals surface area contributed by atoms with E-state index in [1.165, 1.54) is 49.6 Å². The Morgan fingerprint density at radius 2 is 2.12 bits per heavy atom. The van der Waals surface area contributed by atoms with E-state index in [2.05, 4.69) is 27.0 Å². The summed E-state index contributed by atoms with van der Waals surface area (Å²) in [4.78, 5) is 24.4. The number of thiophene rings is 1. The molecular formula is C23H25N5O3S2. The number of anilines is 1. The number of carbonyl (C=O) groups is 1. The van der Waals surface area contributed by atoms with Crippen molar-refractivity contribution < 1.29 is 9.72 Å². The van der Waals surface area contributed by atoms with Gasteiger partial charge in [-0.1, -0.05) is 36.4 Å². The van der Waals surface area contributed by atoms with Crippen LogP contribution in [0.15, 0.2) is 46.9 Å². The van der Waals surface area contributed by atoms with Gasteiger partial charge in [-0.3, -0.25) is 19.5 Å². The highest BCUT2D eigenvalue weighted by molar-refractivity contribution is 7.99. The summed E-state index contributed by atoms with van der Waals surface area (Å²) in [6.07, 6.45) is 5.22. The molecule has 4 unspecified atom stereocenters. The highest BCUT2D eigenvalue weighted by atomic mass is 32.2. The third kappa shape index (κ3) is 4.41. The van der Waals surface area contributed by atoms with Crippen LogP contribution < -0.4 is 5.32 Å². The van der Waals surface area contributed by atoms with Crippen LogP contribution in [0.3, 0.4) is 0 Å². The molecule has 0 spiro atoms. The molecule has 2 aromatic heterocycles. The molecule has 2 aliphatic carbocycles. The number of nitrogens with one attached hydrogen (secondary N) is 1. The first kappa shape index (κ1) is 22.1. The SMILES string of the molecule is CC(C1CC2CCC1C2)n1c(SCC(=O)Nc2ccccc2[N+](=O)[O-])nnc1-c1cccs1. The van der Waals surface area contributed by atoms with Gasteiger partial charge in [0.2, 0.25) is 5.91 Å². The first-order valence-corrected chi connectivity index (χ1v) is 13.0. The van der Waals surface area contributed by atoms with Crippen molar-refractivity contribution >= 4 is 40.4 Å². The Morgan fingerprint density at radius 3 is 2.82 bits per heavy atom. The summed E-state index contributed by atoms with van der Waals surface area (Å²) in [6, 6.07) is 10.5. The van der Waals surface area contributed by atoms with Crippen molar-refractivity contribution in [1.82, 2.24) is 14.8 Å². The quantitative estimate of drug-likeness (QED) is 0.253. The third-order valence-corrected chi connectivity index (χ3v) is 8.74. The summed E-state index contributed by atoms with van der Waals surface area (Å²) in [6.45, 7) is 2.25. The lowest BCUT2D eigenvalue weighted by Gasteiger charge is -2.30. The molecule has 2 bridgehead atoms. The maximum atomic E-state index is 12.6. The van der Waals surface area contributed by atoms with Crippen molar-refractivity contribution in [2.45, 2.75) is 43.8 Å². The highest BCUT2D eigenvalue weighted by Crippen LogP contribution is 2.53. The van der Waals surface area contributed by atoms with E-state index < -0.39 is 4.92 Å². The van der Waals surface area contributed by atoms with E-state index in [1.807, 2.05) is 17.5 Å². The van der Waals surface area contributed by atoms with Crippen molar-refractivity contribution in [2.75, 3.05) is 11.1 Å². The second-order valence-corrected chi connectivity index (χ2v) is 10.7. The number of aromatic nitrogens is 3. The Hall–Kier alpha value is -2.72. The minimum Gasteiger partial charge on any atom is -0.320 e. The predicted octanol–water partition coefficient (Wildman–Crippen LogP) is 5.64. The van der Waals surface area contributed by atoms with E-state index >= 15 is 0 Å². The minimum absolute atomic E-state index is 0.0953. The van der Waals surface area contributed by atoms with Crippen LogP contribution in [0.5, 0.6) is 0 Å². The van der Waals surface area contributed by atoms with Gasteiger partial charge in [-0.25, -0.2) is 0 Å². The monoisotopic (exact) mass is 483 g/mol. The molecule has 5 rings (SSSR count). The third-order valence-electron chi connectivity index (χ3n) is 6.93. The zero-order valence-electron chi connectivity index (χ0n) is 18.2. The van der Waals surface area contributed by atoms with Crippen LogP contribution in [0.2, 0.25) is 0 Å². The van der Waals surface area contributed by atoms with Gasteiger partial charge in [0.1, 0.15) is 5.69 Å². The number of benzene rings is 1. The van der Waals surface area contributed by atoms with Crippen molar-refractivity contribution in [1.29, 1.82) is 0 Å². The van der Waals surface area contributed by atoms with Gasteiger partial charge in [0, 0.05) is 12.1 Å². The molecule has 2 heterocycles. The molecule has 1 aromatic carbocycles. The Bertz CT molecular complexity index is 1160. The van der Waals surface area contributed by atoms with Crippen LogP contribution >= 0.6 is 23.1 Å². The predicted molar refractivity (Wildman–Crippen MR) is 129 cm³/mol. The highest BCUT2D eigenvalue weighted by Gasteiger charge is 2.43. The summed E-state index contributed by atoms with van der Waals surface area (Å²) in [7, 11) is 0. The lowest BCUT2D eigenvalue weighted by atomic mass is 9.84. The number of nitrogens with zero attached hydrogens (tertiary/aromatic N) is 4. The number of amides is 1. The largest absolute Gasteiger partial charge is 0.320 e. The van der Waals surface area contributed by atoms with Gasteiger partial charge >= 0.3 is 0 Å². The molecule has 2 fully saturated rings. The second-order valence-electron chi connectivity index (χ2n) is 8.84. The number of rotatable bonds is 8. The van der Waals surface area contributed by atoms with Gasteiger partial charge in [-0.05, 0) is 61.5 Å². The molecule has 4 atom stereocenters. The van der Waals surface area contributed by atoms with E-state index in [0.717, 1.165) is 22.5 Å². The molecular weight excluding hydrogens is 458 g/mol. The molecule has 0 aliphatic heterocycles. The summed E-state index contributed by atoms with van der Waals surface area (Å²) >= 11 is 2.96. The Morgan fingerprint density at radius 1 is 1.27 bits per heavy atom. The van der Waals surface area contributed by atoms with Crippen molar-refractivity contribution in [3.8, 4) is 10.7 Å². The summed E-state index contributed by atoms with van der Waals surface area (Å²) in [5, 5.41) is 25.6. The molecule has 3 aromatic rings.